The van der Waals surface area contributed by atoms with Crippen molar-refractivity contribution in [2.24, 2.45) is 0 Å². The normalized spacial score (nSPS) is 14.2. The first kappa shape index (κ1) is 37.0. The number of aliphatic hydroxyl groups is 1. The molecule has 2 aromatic carbocycles. The van der Waals surface area contributed by atoms with Gasteiger partial charge in [0, 0.05) is 22.8 Å². The van der Waals surface area contributed by atoms with E-state index >= 15 is 0 Å². The van der Waals surface area contributed by atoms with Crippen LogP contribution in [0.15, 0.2) is 69.9 Å². The fraction of sp³-hybridized carbons (Fsp3) is 0.297. The Morgan fingerprint density at radius 3 is 2.55 bits per heavy atom. The fourth-order valence-corrected chi connectivity index (χ4v) is 5.72. The average molecular weight is 697 g/mol. The van der Waals surface area contributed by atoms with Crippen LogP contribution in [0.25, 0.3) is 12.2 Å². The Bertz CT molecular complexity index is 1990. The highest BCUT2D eigenvalue weighted by Gasteiger charge is 2.38. The van der Waals surface area contributed by atoms with Crippen molar-refractivity contribution in [1.82, 2.24) is 0 Å². The lowest BCUT2D eigenvalue weighted by molar-refractivity contribution is -0.139. The summed E-state index contributed by atoms with van der Waals surface area (Å²) in [5.74, 6) is -3.07. The minimum Gasteiger partial charge on any atom is -0.507 e. The molecular formula is C37H35F3O8S. The molecule has 8 nitrogen and oxygen atoms in total. The number of ether oxygens (including phenoxy) is 2. The third kappa shape index (κ3) is 8.44. The number of rotatable bonds is 13. The molecule has 0 bridgehead atoms. The minimum absolute atomic E-state index is 0.00422. The molecule has 12 heteroatoms. The molecule has 0 aliphatic heterocycles. The van der Waals surface area contributed by atoms with Crippen molar-refractivity contribution >= 4 is 41.0 Å². The van der Waals surface area contributed by atoms with E-state index in [0.717, 1.165) is 19.2 Å². The number of halogens is 3. The number of hydrogen-bond acceptors (Lipinski definition) is 9. The Labute approximate surface area is 285 Å². The molecule has 3 aromatic rings. The number of phenolic OH excluding ortho intramolecular Hbond substituents is 1. The predicted molar refractivity (Wildman–Crippen MR) is 181 cm³/mol. The van der Waals surface area contributed by atoms with Gasteiger partial charge in [-0.05, 0) is 49.6 Å². The van der Waals surface area contributed by atoms with Crippen LogP contribution < -0.4 is 20.8 Å². The topological polar surface area (TPSA) is 123 Å². The summed E-state index contributed by atoms with van der Waals surface area (Å²) in [4.78, 5) is 39.1. The molecule has 49 heavy (non-hydrogen) atoms. The SMILES string of the molecule is CCCc1c(OCC/C=C\C=C\[C@@H](c2c(C(=O)OC)oc3c(c2=O)=CCC(=S)C=3)[C@@H](O)c2ccccc2C(F)(F)F)ccc(C(C)=O)c1O. The summed E-state index contributed by atoms with van der Waals surface area (Å²) in [6.07, 6.45) is 3.94. The van der Waals surface area contributed by atoms with Crippen molar-refractivity contribution in [3.05, 3.63) is 115 Å². The number of phenols is 1. The molecule has 0 saturated heterocycles. The van der Waals surface area contributed by atoms with Gasteiger partial charge in [-0.25, -0.2) is 4.79 Å². The van der Waals surface area contributed by atoms with Gasteiger partial charge < -0.3 is 24.1 Å². The Balaban J connectivity index is 1.70. The Morgan fingerprint density at radius 2 is 1.88 bits per heavy atom. The number of alkyl halides is 3. The quantitative estimate of drug-likeness (QED) is 0.0724. The van der Waals surface area contributed by atoms with E-state index in [1.165, 1.54) is 49.4 Å². The maximum absolute atomic E-state index is 14.0. The van der Waals surface area contributed by atoms with Crippen LogP contribution in [0, 0.1) is 0 Å². The van der Waals surface area contributed by atoms with E-state index in [1.54, 1.807) is 18.2 Å². The Kier molecular flexibility index (Phi) is 12.1. The number of allylic oxidation sites excluding steroid dienone is 2. The van der Waals surface area contributed by atoms with Gasteiger partial charge in [0.25, 0.3) is 0 Å². The monoisotopic (exact) mass is 696 g/mol. The van der Waals surface area contributed by atoms with Crippen LogP contribution in [0.4, 0.5) is 13.2 Å². The molecule has 1 aromatic heterocycles. The zero-order valence-corrected chi connectivity index (χ0v) is 27.8. The van der Waals surface area contributed by atoms with Gasteiger partial charge >= 0.3 is 12.1 Å². The first-order valence-electron chi connectivity index (χ1n) is 15.5. The zero-order chi connectivity index (χ0) is 35.9. The van der Waals surface area contributed by atoms with Crippen LogP contribution in [0.3, 0.4) is 0 Å². The summed E-state index contributed by atoms with van der Waals surface area (Å²) in [5, 5.41) is 22.2. The molecule has 1 aliphatic rings. The van der Waals surface area contributed by atoms with Crippen LogP contribution in [-0.2, 0) is 17.3 Å². The molecule has 2 N–H and O–H groups in total. The van der Waals surface area contributed by atoms with Crippen LogP contribution >= 0.6 is 12.2 Å². The van der Waals surface area contributed by atoms with E-state index in [0.29, 0.717) is 35.4 Å². The third-order valence-electron chi connectivity index (χ3n) is 7.87. The summed E-state index contributed by atoms with van der Waals surface area (Å²) in [7, 11) is 1.06. The summed E-state index contributed by atoms with van der Waals surface area (Å²) in [6, 6.07) is 7.55. The van der Waals surface area contributed by atoms with Gasteiger partial charge in [0.15, 0.2) is 11.2 Å². The number of methoxy groups -OCH3 is 1. The number of aromatic hydroxyl groups is 1. The van der Waals surface area contributed by atoms with Gasteiger partial charge in [-0.15, -0.1) is 0 Å². The van der Waals surface area contributed by atoms with Gasteiger partial charge in [0.1, 0.15) is 16.9 Å². The minimum atomic E-state index is -4.82. The molecule has 1 heterocycles. The zero-order valence-electron chi connectivity index (χ0n) is 27.0. The van der Waals surface area contributed by atoms with Gasteiger partial charge in [-0.3, -0.25) is 9.59 Å². The second-order valence-corrected chi connectivity index (χ2v) is 11.7. The number of benzene rings is 2. The second-order valence-electron chi connectivity index (χ2n) is 11.2. The molecule has 0 unspecified atom stereocenters. The van der Waals surface area contributed by atoms with E-state index in [4.69, 9.17) is 26.1 Å². The highest BCUT2D eigenvalue weighted by molar-refractivity contribution is 7.81. The van der Waals surface area contributed by atoms with Gasteiger partial charge in [0.2, 0.25) is 5.76 Å². The standard InChI is InChI=1S/C37H35F3O8S/c1-4-11-25-29(18-17-23(21(2)41)32(25)42)47-19-10-6-5-7-13-27(33(43)24-12-8-9-14-28(24)37(38,39)40)31-34(44)26-16-15-22(49)20-30(26)48-35(31)36(45)46-3/h5-9,12-14,16-18,20,27,33,42-43H,4,10-11,15,19H2,1-3H3/b6-5-,13-7+/t27-,33-/m0/s1. The van der Waals surface area contributed by atoms with Crippen LogP contribution in [0.5, 0.6) is 11.5 Å². The van der Waals surface area contributed by atoms with Gasteiger partial charge in [-0.1, -0.05) is 74.1 Å². The molecule has 258 valence electrons. The van der Waals surface area contributed by atoms with Gasteiger partial charge in [0.05, 0.1) is 41.7 Å². The lowest BCUT2D eigenvalue weighted by atomic mass is 9.85. The molecule has 0 amide bonds. The number of carbonyl (C=O) groups excluding carboxylic acids is 2. The Morgan fingerprint density at radius 1 is 1.14 bits per heavy atom. The van der Waals surface area contributed by atoms with Crippen LogP contribution in [0.1, 0.15) is 88.3 Å². The van der Waals surface area contributed by atoms with E-state index in [2.05, 4.69) is 0 Å². The van der Waals surface area contributed by atoms with Crippen molar-refractivity contribution < 1.29 is 46.9 Å². The number of ketones is 1. The highest BCUT2D eigenvalue weighted by atomic mass is 32.1. The van der Waals surface area contributed by atoms with Crippen LogP contribution in [-0.4, -0.2) is 40.5 Å². The fourth-order valence-electron chi connectivity index (χ4n) is 5.53. The number of Topliss-reactive ketones (excluding diaryl/α,β-unsaturated/α-hetero) is 1. The van der Waals surface area contributed by atoms with Crippen LogP contribution in [0.2, 0.25) is 0 Å². The lowest BCUT2D eigenvalue weighted by Gasteiger charge is -2.24. The molecule has 4 rings (SSSR count). The number of hydrogen-bond donors (Lipinski definition) is 2. The third-order valence-corrected chi connectivity index (χ3v) is 8.15. The van der Waals surface area contributed by atoms with Gasteiger partial charge in [-0.2, -0.15) is 13.2 Å². The van der Waals surface area contributed by atoms with E-state index < -0.39 is 46.5 Å². The second kappa shape index (κ2) is 16.1. The summed E-state index contributed by atoms with van der Waals surface area (Å²) in [6.45, 7) is 3.47. The smallest absolute Gasteiger partial charge is 0.416 e. The molecule has 0 saturated carbocycles. The number of thiocarbonyl (C=S) groups is 1. The van der Waals surface area contributed by atoms with E-state index in [1.807, 2.05) is 6.92 Å². The maximum atomic E-state index is 14.0. The van der Waals surface area contributed by atoms with Crippen molar-refractivity contribution in [3.63, 3.8) is 0 Å². The maximum Gasteiger partial charge on any atom is 0.416 e. The summed E-state index contributed by atoms with van der Waals surface area (Å²) >= 11 is 5.21. The molecule has 1 aliphatic carbocycles. The largest absolute Gasteiger partial charge is 0.507 e. The molecule has 0 radical (unpaired) electrons. The lowest BCUT2D eigenvalue weighted by Crippen LogP contribution is -2.45. The molecule has 0 spiro atoms. The number of aliphatic hydroxyl groups excluding tert-OH is 1. The van der Waals surface area contributed by atoms with Crippen molar-refractivity contribution in [1.29, 1.82) is 0 Å². The molecular weight excluding hydrogens is 661 g/mol. The van der Waals surface area contributed by atoms with E-state index in [9.17, 15) is 37.8 Å². The number of fused-ring (bicyclic) bond motifs is 1. The highest BCUT2D eigenvalue weighted by Crippen LogP contribution is 2.40. The first-order valence-corrected chi connectivity index (χ1v) is 15.9. The summed E-state index contributed by atoms with van der Waals surface area (Å²) < 4.78 is 58.5. The summed E-state index contributed by atoms with van der Waals surface area (Å²) in [5.41, 5.74) is -1.98. The average Bonchev–Trinajstić information content (AvgIpc) is 3.06. The molecule has 0 fully saturated rings. The number of carbonyl (C=O) groups is 2. The predicted octanol–water partition coefficient (Wildman–Crippen LogP) is 6.04. The molecule has 2 atom stereocenters. The van der Waals surface area contributed by atoms with Crippen molar-refractivity contribution in [2.45, 2.75) is 57.7 Å². The van der Waals surface area contributed by atoms with Crippen molar-refractivity contribution in [3.8, 4) is 11.5 Å². The first-order chi connectivity index (χ1) is 23.3. The van der Waals surface area contributed by atoms with Crippen molar-refractivity contribution in [2.75, 3.05) is 13.7 Å². The van der Waals surface area contributed by atoms with E-state index in [-0.39, 0.29) is 46.3 Å². The Hall–Kier alpha value is -4.81. The number of esters is 1.